The van der Waals surface area contributed by atoms with Crippen molar-refractivity contribution in [3.05, 3.63) is 72.0 Å². The highest BCUT2D eigenvalue weighted by Gasteiger charge is 2.20. The number of ketones is 1. The highest BCUT2D eigenvalue weighted by atomic mass is 19.1. The van der Waals surface area contributed by atoms with E-state index in [0.29, 0.717) is 5.75 Å². The van der Waals surface area contributed by atoms with Crippen molar-refractivity contribution in [3.8, 4) is 11.5 Å². The van der Waals surface area contributed by atoms with Crippen LogP contribution in [-0.2, 0) is 9.53 Å². The van der Waals surface area contributed by atoms with Crippen LogP contribution in [0.1, 0.15) is 10.4 Å². The summed E-state index contributed by atoms with van der Waals surface area (Å²) in [6.07, 6.45) is 0. The third-order valence-electron chi connectivity index (χ3n) is 3.90. The molecule has 0 N–H and O–H groups in total. The molecule has 0 unspecified atom stereocenters. The van der Waals surface area contributed by atoms with Crippen LogP contribution < -0.4 is 9.47 Å². The Morgan fingerprint density at radius 3 is 2.15 bits per heavy atom. The number of rotatable bonds is 7. The van der Waals surface area contributed by atoms with Crippen molar-refractivity contribution >= 4 is 22.5 Å². The number of benzene rings is 3. The number of esters is 1. The lowest BCUT2D eigenvalue weighted by Crippen LogP contribution is -2.17. The van der Waals surface area contributed by atoms with Crippen molar-refractivity contribution in [2.75, 3.05) is 20.3 Å². The fourth-order valence-corrected chi connectivity index (χ4v) is 2.55. The molecule has 3 aromatic carbocycles. The molecule has 0 aliphatic rings. The van der Waals surface area contributed by atoms with Gasteiger partial charge in [-0.05, 0) is 35.0 Å². The van der Waals surface area contributed by atoms with Crippen LogP contribution in [0.4, 0.5) is 4.39 Å². The fraction of sp³-hybridized carbons (Fsp3) is 0.143. The lowest BCUT2D eigenvalue weighted by molar-refractivity contribution is -0.135. The van der Waals surface area contributed by atoms with Gasteiger partial charge in [-0.25, -0.2) is 9.18 Å². The van der Waals surface area contributed by atoms with Crippen LogP contribution in [0.15, 0.2) is 60.7 Å². The lowest BCUT2D eigenvalue weighted by atomic mass is 10.1. The molecule has 0 saturated heterocycles. The van der Waals surface area contributed by atoms with Crippen molar-refractivity contribution in [1.29, 1.82) is 0 Å². The number of methoxy groups -OCH3 is 1. The highest BCUT2D eigenvalue weighted by molar-refractivity contribution is 6.40. The van der Waals surface area contributed by atoms with E-state index in [9.17, 15) is 14.0 Å². The van der Waals surface area contributed by atoms with Crippen molar-refractivity contribution < 1.29 is 28.2 Å². The molecule has 0 aliphatic heterocycles. The Morgan fingerprint density at radius 2 is 1.48 bits per heavy atom. The average Bonchev–Trinajstić information content (AvgIpc) is 2.70. The van der Waals surface area contributed by atoms with E-state index in [1.54, 1.807) is 0 Å². The Kier molecular flexibility index (Phi) is 5.66. The third-order valence-corrected chi connectivity index (χ3v) is 3.90. The molecule has 0 spiro atoms. The van der Waals surface area contributed by atoms with E-state index in [4.69, 9.17) is 9.47 Å². The van der Waals surface area contributed by atoms with Gasteiger partial charge in [-0.1, -0.05) is 30.3 Å². The van der Waals surface area contributed by atoms with E-state index < -0.39 is 17.6 Å². The van der Waals surface area contributed by atoms with Gasteiger partial charge in [0.2, 0.25) is 0 Å². The molecule has 0 saturated carbocycles. The first kappa shape index (κ1) is 18.4. The van der Waals surface area contributed by atoms with Crippen molar-refractivity contribution in [3.63, 3.8) is 0 Å². The largest absolute Gasteiger partial charge is 0.490 e. The van der Waals surface area contributed by atoms with Gasteiger partial charge in [0, 0.05) is 6.07 Å². The number of carbonyl (C=O) groups excluding carboxylic acids is 2. The van der Waals surface area contributed by atoms with E-state index in [2.05, 4.69) is 4.74 Å². The first-order valence-electron chi connectivity index (χ1n) is 8.25. The standard InChI is InChI=1S/C21H17FO5/c1-25-21(24)20(23)18-9-8-17(13-19(18)22)27-11-10-26-16-7-6-14-4-2-3-5-15(14)12-16/h2-9,12-13H,10-11H2,1H3. The second kappa shape index (κ2) is 8.31. The SMILES string of the molecule is COC(=O)C(=O)c1ccc(OCCOc2ccc3ccccc3c2)cc1F. The molecular weight excluding hydrogens is 351 g/mol. The molecule has 0 atom stereocenters. The summed E-state index contributed by atoms with van der Waals surface area (Å²) in [5.41, 5.74) is -0.360. The zero-order valence-electron chi connectivity index (χ0n) is 14.6. The number of hydrogen-bond donors (Lipinski definition) is 0. The maximum Gasteiger partial charge on any atom is 0.379 e. The number of hydrogen-bond acceptors (Lipinski definition) is 5. The van der Waals surface area contributed by atoms with Crippen molar-refractivity contribution in [1.82, 2.24) is 0 Å². The summed E-state index contributed by atoms with van der Waals surface area (Å²) in [5.74, 6) is -2.07. The summed E-state index contributed by atoms with van der Waals surface area (Å²) in [4.78, 5) is 22.8. The van der Waals surface area contributed by atoms with Crippen LogP contribution in [0.2, 0.25) is 0 Å². The monoisotopic (exact) mass is 368 g/mol. The van der Waals surface area contributed by atoms with Gasteiger partial charge in [0.25, 0.3) is 5.78 Å². The topological polar surface area (TPSA) is 61.8 Å². The Bertz CT molecular complexity index is 983. The molecule has 5 nitrogen and oxygen atoms in total. The minimum absolute atomic E-state index is 0.191. The molecule has 138 valence electrons. The normalized spacial score (nSPS) is 10.4. The minimum atomic E-state index is -1.12. The van der Waals surface area contributed by atoms with Gasteiger partial charge in [0.05, 0.1) is 12.7 Å². The second-order valence-electron chi connectivity index (χ2n) is 5.67. The summed E-state index contributed by atoms with van der Waals surface area (Å²) in [7, 11) is 1.06. The molecule has 3 rings (SSSR count). The van der Waals surface area contributed by atoms with E-state index in [1.807, 2.05) is 42.5 Å². The van der Waals surface area contributed by atoms with Gasteiger partial charge < -0.3 is 14.2 Å². The average molecular weight is 368 g/mol. The first-order valence-corrected chi connectivity index (χ1v) is 8.25. The molecular formula is C21H17FO5. The fourth-order valence-electron chi connectivity index (χ4n) is 2.55. The Labute approximate surface area is 155 Å². The summed E-state index contributed by atoms with van der Waals surface area (Å²) >= 11 is 0. The van der Waals surface area contributed by atoms with Gasteiger partial charge in [-0.15, -0.1) is 0 Å². The maximum absolute atomic E-state index is 14.0. The summed E-state index contributed by atoms with van der Waals surface area (Å²) < 4.78 is 29.3. The highest BCUT2D eigenvalue weighted by Crippen LogP contribution is 2.21. The molecule has 0 bridgehead atoms. The third kappa shape index (κ3) is 4.41. The predicted molar refractivity (Wildman–Crippen MR) is 97.7 cm³/mol. The molecule has 0 radical (unpaired) electrons. The molecule has 0 amide bonds. The molecule has 3 aromatic rings. The second-order valence-corrected chi connectivity index (χ2v) is 5.67. The molecule has 0 aromatic heterocycles. The predicted octanol–water partition coefficient (Wildman–Crippen LogP) is 3.79. The van der Waals surface area contributed by atoms with Gasteiger partial charge in [-0.3, -0.25) is 4.79 Å². The molecule has 0 aliphatic carbocycles. The summed E-state index contributed by atoms with van der Waals surface area (Å²) in [6, 6.07) is 17.4. The van der Waals surface area contributed by atoms with Crippen LogP contribution in [0.5, 0.6) is 11.5 Å². The molecule has 0 fully saturated rings. The van der Waals surface area contributed by atoms with Gasteiger partial charge in [-0.2, -0.15) is 0 Å². The Hall–Kier alpha value is -3.41. The number of halogens is 1. The smallest absolute Gasteiger partial charge is 0.379 e. The van der Waals surface area contributed by atoms with E-state index in [-0.39, 0.29) is 24.5 Å². The van der Waals surface area contributed by atoms with Crippen LogP contribution in [0, 0.1) is 5.82 Å². The van der Waals surface area contributed by atoms with Gasteiger partial charge in [0.15, 0.2) is 0 Å². The molecule has 0 heterocycles. The Morgan fingerprint density at radius 1 is 0.852 bits per heavy atom. The Balaban J connectivity index is 1.54. The van der Waals surface area contributed by atoms with Crippen molar-refractivity contribution in [2.45, 2.75) is 0 Å². The number of fused-ring (bicyclic) bond motifs is 1. The van der Waals surface area contributed by atoms with E-state index >= 15 is 0 Å². The number of Topliss-reactive ketones (excluding diaryl/α,β-unsaturated/α-hetero) is 1. The van der Waals surface area contributed by atoms with Gasteiger partial charge >= 0.3 is 5.97 Å². The summed E-state index contributed by atoms with van der Waals surface area (Å²) in [5, 5.41) is 2.20. The van der Waals surface area contributed by atoms with Crippen LogP contribution >= 0.6 is 0 Å². The van der Waals surface area contributed by atoms with Crippen LogP contribution in [0.25, 0.3) is 10.8 Å². The lowest BCUT2D eigenvalue weighted by Gasteiger charge is -2.10. The number of ether oxygens (including phenoxy) is 3. The maximum atomic E-state index is 14.0. The molecule has 27 heavy (non-hydrogen) atoms. The zero-order valence-corrected chi connectivity index (χ0v) is 14.6. The van der Waals surface area contributed by atoms with E-state index in [1.165, 1.54) is 12.1 Å². The first-order chi connectivity index (χ1) is 13.1. The zero-order chi connectivity index (χ0) is 19.2. The van der Waals surface area contributed by atoms with Crippen LogP contribution in [0.3, 0.4) is 0 Å². The quantitative estimate of drug-likeness (QED) is 0.275. The number of carbonyl (C=O) groups is 2. The van der Waals surface area contributed by atoms with Crippen molar-refractivity contribution in [2.24, 2.45) is 0 Å². The summed E-state index contributed by atoms with van der Waals surface area (Å²) in [6.45, 7) is 0.458. The minimum Gasteiger partial charge on any atom is -0.490 e. The van der Waals surface area contributed by atoms with Crippen LogP contribution in [-0.4, -0.2) is 32.1 Å². The van der Waals surface area contributed by atoms with E-state index in [0.717, 1.165) is 23.9 Å². The van der Waals surface area contributed by atoms with Gasteiger partial charge in [0.1, 0.15) is 30.5 Å². The molecule has 6 heteroatoms.